The van der Waals surface area contributed by atoms with Crippen LogP contribution >= 0.6 is 22.9 Å². The summed E-state index contributed by atoms with van der Waals surface area (Å²) < 4.78 is 0. The van der Waals surface area contributed by atoms with Crippen LogP contribution in [0.1, 0.15) is 30.0 Å². The van der Waals surface area contributed by atoms with Gasteiger partial charge >= 0.3 is 0 Å². The van der Waals surface area contributed by atoms with E-state index >= 15 is 0 Å². The molecule has 0 N–H and O–H groups in total. The molecule has 1 heterocycles. The van der Waals surface area contributed by atoms with Crippen LogP contribution in [0.25, 0.3) is 0 Å². The SMILES string of the molecule is Cc1ccc(C(C)(C)CCCl)s1. The molecule has 0 spiro atoms. The highest BCUT2D eigenvalue weighted by Crippen LogP contribution is 2.32. The second-order valence-corrected chi connectivity index (χ2v) is 5.40. The van der Waals surface area contributed by atoms with E-state index in [4.69, 9.17) is 11.6 Å². The van der Waals surface area contributed by atoms with Crippen LogP contribution in [0, 0.1) is 6.92 Å². The van der Waals surface area contributed by atoms with Gasteiger partial charge in [-0.05, 0) is 25.5 Å². The lowest BCUT2D eigenvalue weighted by molar-refractivity contribution is 0.520. The molecular weight excluding hydrogens is 188 g/mol. The van der Waals surface area contributed by atoms with Crippen LogP contribution in [0.5, 0.6) is 0 Å². The van der Waals surface area contributed by atoms with Crippen molar-refractivity contribution in [3.63, 3.8) is 0 Å². The first-order valence-corrected chi connectivity index (χ1v) is 5.54. The van der Waals surface area contributed by atoms with Crippen molar-refractivity contribution in [3.05, 3.63) is 21.9 Å². The summed E-state index contributed by atoms with van der Waals surface area (Å²) in [5.41, 5.74) is 0.251. The number of hydrogen-bond donors (Lipinski definition) is 0. The molecule has 12 heavy (non-hydrogen) atoms. The molecule has 0 aromatic carbocycles. The van der Waals surface area contributed by atoms with E-state index in [9.17, 15) is 0 Å². The van der Waals surface area contributed by atoms with Crippen molar-refractivity contribution in [1.82, 2.24) is 0 Å². The van der Waals surface area contributed by atoms with Crippen LogP contribution in [0.3, 0.4) is 0 Å². The Bertz CT molecular complexity index is 250. The number of halogens is 1. The van der Waals surface area contributed by atoms with E-state index in [0.717, 1.165) is 12.3 Å². The molecule has 0 nitrogen and oxygen atoms in total. The van der Waals surface area contributed by atoms with Crippen LogP contribution in [-0.2, 0) is 5.41 Å². The van der Waals surface area contributed by atoms with Crippen molar-refractivity contribution in [1.29, 1.82) is 0 Å². The minimum Gasteiger partial charge on any atom is -0.145 e. The predicted octanol–water partition coefficient (Wildman–Crippen LogP) is 3.96. The van der Waals surface area contributed by atoms with E-state index in [2.05, 4.69) is 32.9 Å². The lowest BCUT2D eigenvalue weighted by atomic mass is 9.88. The number of thiophene rings is 1. The molecule has 0 radical (unpaired) electrons. The minimum absolute atomic E-state index is 0.251. The van der Waals surface area contributed by atoms with Gasteiger partial charge in [-0.1, -0.05) is 13.8 Å². The quantitative estimate of drug-likeness (QED) is 0.651. The smallest absolute Gasteiger partial charge is 0.0232 e. The fraction of sp³-hybridized carbons (Fsp3) is 0.600. The zero-order valence-corrected chi connectivity index (χ0v) is 9.43. The van der Waals surface area contributed by atoms with E-state index in [1.54, 1.807) is 0 Å². The largest absolute Gasteiger partial charge is 0.145 e. The molecular formula is C10H15ClS. The molecule has 0 atom stereocenters. The van der Waals surface area contributed by atoms with Crippen molar-refractivity contribution >= 4 is 22.9 Å². The first-order valence-electron chi connectivity index (χ1n) is 4.19. The Morgan fingerprint density at radius 1 is 1.42 bits per heavy atom. The van der Waals surface area contributed by atoms with Crippen LogP contribution in [0.4, 0.5) is 0 Å². The van der Waals surface area contributed by atoms with Gasteiger partial charge in [0.2, 0.25) is 0 Å². The summed E-state index contributed by atoms with van der Waals surface area (Å²) in [7, 11) is 0. The molecule has 0 unspecified atom stereocenters. The van der Waals surface area contributed by atoms with Gasteiger partial charge in [0, 0.05) is 21.0 Å². The van der Waals surface area contributed by atoms with Crippen molar-refractivity contribution in [2.24, 2.45) is 0 Å². The van der Waals surface area contributed by atoms with Gasteiger partial charge in [-0.2, -0.15) is 0 Å². The highest BCUT2D eigenvalue weighted by Gasteiger charge is 2.20. The Labute approximate surface area is 83.6 Å². The highest BCUT2D eigenvalue weighted by atomic mass is 35.5. The first kappa shape index (κ1) is 10.1. The predicted molar refractivity (Wildman–Crippen MR) is 57.4 cm³/mol. The summed E-state index contributed by atoms with van der Waals surface area (Å²) in [6.07, 6.45) is 1.05. The number of alkyl halides is 1. The Morgan fingerprint density at radius 2 is 2.08 bits per heavy atom. The fourth-order valence-corrected chi connectivity index (χ4v) is 2.63. The van der Waals surface area contributed by atoms with Crippen LogP contribution in [0.2, 0.25) is 0 Å². The van der Waals surface area contributed by atoms with Crippen molar-refractivity contribution < 1.29 is 0 Å². The maximum atomic E-state index is 5.75. The van der Waals surface area contributed by atoms with Crippen molar-refractivity contribution in [2.45, 2.75) is 32.6 Å². The Hall–Kier alpha value is -0.0100. The van der Waals surface area contributed by atoms with Crippen LogP contribution in [-0.4, -0.2) is 5.88 Å². The molecule has 0 aliphatic carbocycles. The summed E-state index contributed by atoms with van der Waals surface area (Å²) in [6, 6.07) is 4.39. The van der Waals surface area contributed by atoms with Gasteiger partial charge in [0.1, 0.15) is 0 Å². The Kier molecular flexibility index (Phi) is 3.19. The van der Waals surface area contributed by atoms with Crippen LogP contribution < -0.4 is 0 Å². The van der Waals surface area contributed by atoms with Gasteiger partial charge in [0.25, 0.3) is 0 Å². The lowest BCUT2D eigenvalue weighted by Crippen LogP contribution is -2.15. The maximum Gasteiger partial charge on any atom is 0.0232 e. The average Bonchev–Trinajstić information content (AvgIpc) is 2.36. The molecule has 2 heteroatoms. The average molecular weight is 203 g/mol. The molecule has 1 aromatic heterocycles. The molecule has 0 fully saturated rings. The Morgan fingerprint density at radius 3 is 2.50 bits per heavy atom. The van der Waals surface area contributed by atoms with E-state index < -0.39 is 0 Å². The summed E-state index contributed by atoms with van der Waals surface area (Å²) in [6.45, 7) is 6.65. The molecule has 0 saturated heterocycles. The molecule has 0 aliphatic heterocycles. The van der Waals surface area contributed by atoms with E-state index in [1.807, 2.05) is 11.3 Å². The summed E-state index contributed by atoms with van der Waals surface area (Å²) in [5, 5.41) is 0. The number of aryl methyl sites for hydroxylation is 1. The third-order valence-corrected chi connectivity index (χ3v) is 3.68. The van der Waals surface area contributed by atoms with E-state index in [-0.39, 0.29) is 5.41 Å². The fourth-order valence-electron chi connectivity index (χ4n) is 1.16. The molecule has 0 bridgehead atoms. The number of rotatable bonds is 3. The van der Waals surface area contributed by atoms with Gasteiger partial charge in [0.05, 0.1) is 0 Å². The molecule has 68 valence electrons. The Balaban J connectivity index is 2.81. The standard InChI is InChI=1S/C10H15ClS/c1-8-4-5-9(12-8)10(2,3)6-7-11/h4-5H,6-7H2,1-3H3. The monoisotopic (exact) mass is 202 g/mol. The lowest BCUT2D eigenvalue weighted by Gasteiger charge is -2.21. The van der Waals surface area contributed by atoms with Gasteiger partial charge in [0.15, 0.2) is 0 Å². The minimum atomic E-state index is 0.251. The zero-order chi connectivity index (χ0) is 9.19. The first-order chi connectivity index (χ1) is 5.56. The maximum absolute atomic E-state index is 5.75. The highest BCUT2D eigenvalue weighted by molar-refractivity contribution is 7.12. The van der Waals surface area contributed by atoms with Gasteiger partial charge < -0.3 is 0 Å². The topological polar surface area (TPSA) is 0 Å². The molecule has 1 aromatic rings. The molecule has 0 aliphatic rings. The van der Waals surface area contributed by atoms with Crippen molar-refractivity contribution in [2.75, 3.05) is 5.88 Å². The van der Waals surface area contributed by atoms with E-state index in [1.165, 1.54) is 9.75 Å². The second-order valence-electron chi connectivity index (χ2n) is 3.73. The molecule has 1 rings (SSSR count). The van der Waals surface area contributed by atoms with E-state index in [0.29, 0.717) is 0 Å². The summed E-state index contributed by atoms with van der Waals surface area (Å²) in [4.78, 5) is 2.83. The zero-order valence-electron chi connectivity index (χ0n) is 7.86. The van der Waals surface area contributed by atoms with Crippen LogP contribution in [0.15, 0.2) is 12.1 Å². The normalized spacial score (nSPS) is 12.0. The van der Waals surface area contributed by atoms with Gasteiger partial charge in [-0.25, -0.2) is 0 Å². The summed E-state index contributed by atoms with van der Waals surface area (Å²) in [5.74, 6) is 0.740. The second kappa shape index (κ2) is 3.80. The third-order valence-electron chi connectivity index (χ3n) is 2.13. The van der Waals surface area contributed by atoms with Gasteiger partial charge in [-0.15, -0.1) is 22.9 Å². The van der Waals surface area contributed by atoms with Gasteiger partial charge in [-0.3, -0.25) is 0 Å². The summed E-state index contributed by atoms with van der Waals surface area (Å²) >= 11 is 7.62. The third kappa shape index (κ3) is 2.24. The molecule has 0 amide bonds. The van der Waals surface area contributed by atoms with Crippen molar-refractivity contribution in [3.8, 4) is 0 Å². The number of hydrogen-bond acceptors (Lipinski definition) is 1. The molecule has 0 saturated carbocycles.